The van der Waals surface area contributed by atoms with E-state index in [4.69, 9.17) is 10.5 Å². The molecular formula is C13H25N3O2. The fourth-order valence-corrected chi connectivity index (χ4v) is 2.85. The van der Waals surface area contributed by atoms with Crippen molar-refractivity contribution in [2.24, 2.45) is 5.73 Å². The molecule has 18 heavy (non-hydrogen) atoms. The van der Waals surface area contributed by atoms with Gasteiger partial charge in [-0.1, -0.05) is 0 Å². The molecule has 0 aromatic rings. The average molecular weight is 255 g/mol. The number of carbonyl (C=O) groups excluding carboxylic acids is 1. The van der Waals surface area contributed by atoms with Crippen molar-refractivity contribution in [2.45, 2.75) is 44.9 Å². The van der Waals surface area contributed by atoms with E-state index in [9.17, 15) is 4.79 Å². The highest BCUT2D eigenvalue weighted by atomic mass is 16.5. The molecule has 2 fully saturated rings. The van der Waals surface area contributed by atoms with Crippen LogP contribution in [0.1, 0.15) is 26.7 Å². The van der Waals surface area contributed by atoms with Gasteiger partial charge in [0, 0.05) is 32.2 Å². The second kappa shape index (κ2) is 5.99. The molecule has 104 valence electrons. The van der Waals surface area contributed by atoms with E-state index >= 15 is 0 Å². The summed E-state index contributed by atoms with van der Waals surface area (Å²) in [6, 6.07) is 0.275. The first-order valence-corrected chi connectivity index (χ1v) is 6.95. The van der Waals surface area contributed by atoms with Crippen LogP contribution in [0, 0.1) is 0 Å². The minimum Gasteiger partial charge on any atom is -0.373 e. The largest absolute Gasteiger partial charge is 0.373 e. The van der Waals surface area contributed by atoms with Crippen molar-refractivity contribution < 1.29 is 9.53 Å². The minimum atomic E-state index is 0.219. The van der Waals surface area contributed by atoms with Crippen LogP contribution in [0.5, 0.6) is 0 Å². The van der Waals surface area contributed by atoms with Crippen molar-refractivity contribution in [3.63, 3.8) is 0 Å². The van der Waals surface area contributed by atoms with Gasteiger partial charge >= 0.3 is 0 Å². The van der Waals surface area contributed by atoms with Gasteiger partial charge in [0.25, 0.3) is 0 Å². The van der Waals surface area contributed by atoms with Gasteiger partial charge < -0.3 is 15.4 Å². The Kier molecular flexibility index (Phi) is 4.59. The third-order valence-corrected chi connectivity index (χ3v) is 3.75. The maximum atomic E-state index is 12.2. The Morgan fingerprint density at radius 3 is 2.33 bits per heavy atom. The Labute approximate surface area is 109 Å². The number of rotatable bonds is 2. The molecule has 1 amide bonds. The molecule has 0 bridgehead atoms. The molecule has 2 saturated heterocycles. The Hall–Kier alpha value is -0.650. The lowest BCUT2D eigenvalue weighted by atomic mass is 10.1. The fraction of sp³-hybridized carbons (Fsp3) is 0.923. The fourth-order valence-electron chi connectivity index (χ4n) is 2.85. The molecule has 0 aromatic carbocycles. The van der Waals surface area contributed by atoms with Crippen LogP contribution in [0.4, 0.5) is 0 Å². The molecule has 2 aliphatic rings. The summed E-state index contributed by atoms with van der Waals surface area (Å²) in [5.41, 5.74) is 5.85. The second-order valence-electron chi connectivity index (χ2n) is 5.67. The molecule has 2 heterocycles. The number of nitrogens with two attached hydrogens (primary N) is 1. The molecule has 2 unspecified atom stereocenters. The van der Waals surface area contributed by atoms with E-state index in [1.54, 1.807) is 0 Å². The van der Waals surface area contributed by atoms with Crippen molar-refractivity contribution in [3.8, 4) is 0 Å². The number of likely N-dealkylation sites (tertiary alicyclic amines) is 1. The molecule has 0 radical (unpaired) electrons. The number of nitrogens with zero attached hydrogens (tertiary/aromatic N) is 2. The van der Waals surface area contributed by atoms with Crippen molar-refractivity contribution in [1.29, 1.82) is 0 Å². The van der Waals surface area contributed by atoms with Gasteiger partial charge in [-0.25, -0.2) is 0 Å². The zero-order chi connectivity index (χ0) is 13.1. The maximum Gasteiger partial charge on any atom is 0.236 e. The van der Waals surface area contributed by atoms with Gasteiger partial charge in [0.1, 0.15) is 0 Å². The highest BCUT2D eigenvalue weighted by Gasteiger charge is 2.26. The summed E-state index contributed by atoms with van der Waals surface area (Å²) in [5, 5.41) is 0. The number of carbonyl (C=O) groups is 1. The van der Waals surface area contributed by atoms with Crippen LogP contribution in [0.2, 0.25) is 0 Å². The molecule has 0 aliphatic carbocycles. The summed E-state index contributed by atoms with van der Waals surface area (Å²) in [5.74, 6) is 0.239. The maximum absolute atomic E-state index is 12.2. The zero-order valence-corrected chi connectivity index (χ0v) is 11.5. The third-order valence-electron chi connectivity index (χ3n) is 3.75. The zero-order valence-electron chi connectivity index (χ0n) is 11.5. The van der Waals surface area contributed by atoms with E-state index < -0.39 is 0 Å². The van der Waals surface area contributed by atoms with Crippen molar-refractivity contribution >= 4 is 5.91 Å². The van der Waals surface area contributed by atoms with Crippen molar-refractivity contribution in [3.05, 3.63) is 0 Å². The minimum absolute atomic E-state index is 0.219. The van der Waals surface area contributed by atoms with E-state index in [1.165, 1.54) is 0 Å². The lowest BCUT2D eigenvalue weighted by molar-refractivity contribution is -0.136. The number of amides is 1. The highest BCUT2D eigenvalue weighted by molar-refractivity contribution is 5.78. The molecule has 0 aromatic heterocycles. The topological polar surface area (TPSA) is 58.8 Å². The molecule has 5 nitrogen and oxygen atoms in total. The van der Waals surface area contributed by atoms with Gasteiger partial charge in [0.05, 0.1) is 18.8 Å². The molecule has 5 heteroatoms. The van der Waals surface area contributed by atoms with E-state index in [1.807, 2.05) is 4.90 Å². The summed E-state index contributed by atoms with van der Waals surface area (Å²) in [4.78, 5) is 16.3. The molecule has 2 rings (SSSR count). The summed E-state index contributed by atoms with van der Waals surface area (Å²) >= 11 is 0. The summed E-state index contributed by atoms with van der Waals surface area (Å²) in [6.07, 6.45) is 2.30. The Morgan fingerprint density at radius 2 is 1.78 bits per heavy atom. The van der Waals surface area contributed by atoms with Crippen molar-refractivity contribution in [2.75, 3.05) is 32.7 Å². The number of morpholine rings is 1. The van der Waals surface area contributed by atoms with Gasteiger partial charge in [-0.3, -0.25) is 9.69 Å². The Bertz CT molecular complexity index is 280. The second-order valence-corrected chi connectivity index (χ2v) is 5.67. The lowest BCUT2D eigenvalue weighted by Gasteiger charge is -2.37. The number of hydrogen-bond donors (Lipinski definition) is 1. The average Bonchev–Trinajstić information content (AvgIpc) is 2.28. The van der Waals surface area contributed by atoms with E-state index in [0.29, 0.717) is 6.54 Å². The van der Waals surface area contributed by atoms with E-state index in [2.05, 4.69) is 18.7 Å². The standard InChI is InChI=1S/C13H25N3O2/c1-10-7-15(8-11(2)18-10)9-13(17)16-5-3-12(14)4-6-16/h10-12H,3-9,14H2,1-2H3. The molecule has 2 aliphatic heterocycles. The van der Waals surface area contributed by atoms with Crippen LogP contribution in [0.15, 0.2) is 0 Å². The van der Waals surface area contributed by atoms with Crippen LogP contribution >= 0.6 is 0 Å². The Balaban J connectivity index is 1.80. The molecular weight excluding hydrogens is 230 g/mol. The van der Waals surface area contributed by atoms with Gasteiger partial charge in [0.15, 0.2) is 0 Å². The predicted octanol–water partition coefficient (Wildman–Crippen LogP) is 0.0453. The number of piperidine rings is 1. The Morgan fingerprint density at radius 1 is 1.22 bits per heavy atom. The van der Waals surface area contributed by atoms with E-state index in [0.717, 1.165) is 39.0 Å². The number of hydrogen-bond acceptors (Lipinski definition) is 4. The smallest absolute Gasteiger partial charge is 0.236 e. The first kappa shape index (κ1) is 13.8. The first-order chi connectivity index (χ1) is 8.54. The van der Waals surface area contributed by atoms with Gasteiger partial charge in [-0.05, 0) is 26.7 Å². The van der Waals surface area contributed by atoms with Crippen LogP contribution in [-0.4, -0.2) is 66.7 Å². The lowest BCUT2D eigenvalue weighted by Crippen LogP contribution is -2.51. The van der Waals surface area contributed by atoms with Crippen LogP contribution in [-0.2, 0) is 9.53 Å². The molecule has 2 atom stereocenters. The predicted molar refractivity (Wildman–Crippen MR) is 70.2 cm³/mol. The summed E-state index contributed by atoms with van der Waals surface area (Å²) in [6.45, 7) is 7.98. The van der Waals surface area contributed by atoms with Crippen LogP contribution in [0.25, 0.3) is 0 Å². The number of ether oxygens (including phenoxy) is 1. The first-order valence-electron chi connectivity index (χ1n) is 6.95. The van der Waals surface area contributed by atoms with Crippen LogP contribution in [0.3, 0.4) is 0 Å². The highest BCUT2D eigenvalue weighted by Crippen LogP contribution is 2.12. The third kappa shape index (κ3) is 3.67. The SMILES string of the molecule is CC1CN(CC(=O)N2CCC(N)CC2)CC(C)O1. The summed E-state index contributed by atoms with van der Waals surface area (Å²) in [7, 11) is 0. The summed E-state index contributed by atoms with van der Waals surface area (Å²) < 4.78 is 5.67. The normalized spacial score (nSPS) is 31.6. The van der Waals surface area contributed by atoms with Crippen LogP contribution < -0.4 is 5.73 Å². The van der Waals surface area contributed by atoms with Gasteiger partial charge in [-0.2, -0.15) is 0 Å². The van der Waals surface area contributed by atoms with Gasteiger partial charge in [-0.15, -0.1) is 0 Å². The monoisotopic (exact) mass is 255 g/mol. The van der Waals surface area contributed by atoms with E-state index in [-0.39, 0.29) is 24.2 Å². The molecule has 0 saturated carbocycles. The quantitative estimate of drug-likeness (QED) is 0.757. The molecule has 0 spiro atoms. The van der Waals surface area contributed by atoms with Crippen molar-refractivity contribution in [1.82, 2.24) is 9.80 Å². The molecule has 2 N–H and O–H groups in total. The van der Waals surface area contributed by atoms with Gasteiger partial charge in [0.2, 0.25) is 5.91 Å².